The van der Waals surface area contributed by atoms with Crippen LogP contribution in [-0.2, 0) is 4.79 Å². The maximum absolute atomic E-state index is 13.7. The molecule has 4 N–H and O–H groups in total. The van der Waals surface area contributed by atoms with Gasteiger partial charge in [0.25, 0.3) is 0 Å². The molecule has 5 nitrogen and oxygen atoms in total. The zero-order valence-electron chi connectivity index (χ0n) is 22.5. The molecular weight excluding hydrogens is 440 g/mol. The van der Waals surface area contributed by atoms with Gasteiger partial charge in [0.05, 0.1) is 25.4 Å². The number of hydrogen-bond acceptors (Lipinski definition) is 5. The summed E-state index contributed by atoms with van der Waals surface area (Å²) in [5.41, 5.74) is -0.0353. The molecule has 198 valence electrons. The molecule has 0 aromatic carbocycles. The molecule has 0 bridgehead atoms. The molecule has 0 aliphatic heterocycles. The van der Waals surface area contributed by atoms with Gasteiger partial charge >= 0.3 is 0 Å². The fraction of sp³-hybridized carbons (Fsp3) is 0.900. The molecule has 0 amide bonds. The van der Waals surface area contributed by atoms with Crippen molar-refractivity contribution < 1.29 is 25.2 Å². The fourth-order valence-corrected chi connectivity index (χ4v) is 10.9. The van der Waals surface area contributed by atoms with E-state index in [2.05, 4.69) is 27.7 Å². The highest BCUT2D eigenvalue weighted by atomic mass is 16.3. The van der Waals surface area contributed by atoms with Gasteiger partial charge in [0.15, 0.2) is 5.78 Å². The summed E-state index contributed by atoms with van der Waals surface area (Å²) in [5, 5.41) is 42.5. The minimum absolute atomic E-state index is 0.0297. The van der Waals surface area contributed by atoms with Crippen molar-refractivity contribution in [2.75, 3.05) is 13.2 Å². The van der Waals surface area contributed by atoms with Crippen molar-refractivity contribution in [2.24, 2.45) is 50.7 Å². The second-order valence-corrected chi connectivity index (χ2v) is 14.6. The first-order valence-electron chi connectivity index (χ1n) is 14.1. The summed E-state index contributed by atoms with van der Waals surface area (Å²) < 4.78 is 0. The van der Waals surface area contributed by atoms with Gasteiger partial charge in [-0.25, -0.2) is 0 Å². The molecule has 5 aliphatic carbocycles. The number of hydrogen-bond donors (Lipinski definition) is 4. The molecular formula is C30H48O5. The molecule has 5 heteroatoms. The Morgan fingerprint density at radius 2 is 1.37 bits per heavy atom. The average molecular weight is 489 g/mol. The maximum atomic E-state index is 13.7. The molecule has 5 aliphatic rings. The van der Waals surface area contributed by atoms with E-state index in [1.807, 2.05) is 13.0 Å². The normalized spacial score (nSPS) is 56.1. The summed E-state index contributed by atoms with van der Waals surface area (Å²) in [6.45, 7) is 11.0. The van der Waals surface area contributed by atoms with Crippen LogP contribution in [0.3, 0.4) is 0 Å². The van der Waals surface area contributed by atoms with Gasteiger partial charge in [-0.05, 0) is 97.9 Å². The predicted octanol–water partition coefficient (Wildman–Crippen LogP) is 4.26. The molecule has 0 heterocycles. The molecule has 0 saturated heterocycles. The van der Waals surface area contributed by atoms with Gasteiger partial charge in [0, 0.05) is 16.7 Å². The topological polar surface area (TPSA) is 98.0 Å². The third kappa shape index (κ3) is 3.30. The smallest absolute Gasteiger partial charge is 0.160 e. The van der Waals surface area contributed by atoms with E-state index in [9.17, 15) is 25.2 Å². The van der Waals surface area contributed by atoms with Crippen molar-refractivity contribution in [3.05, 3.63) is 11.6 Å². The van der Waals surface area contributed by atoms with Crippen LogP contribution in [0.5, 0.6) is 0 Å². The van der Waals surface area contributed by atoms with Crippen molar-refractivity contribution in [1.82, 2.24) is 0 Å². The van der Waals surface area contributed by atoms with Crippen LogP contribution in [0.2, 0.25) is 0 Å². The van der Waals surface area contributed by atoms with E-state index in [1.54, 1.807) is 0 Å². The number of fused-ring (bicyclic) bond motifs is 6. The van der Waals surface area contributed by atoms with E-state index < -0.39 is 23.0 Å². The van der Waals surface area contributed by atoms with Gasteiger partial charge in [0.1, 0.15) is 0 Å². The summed E-state index contributed by atoms with van der Waals surface area (Å²) in [4.78, 5) is 13.7. The molecule has 0 aromatic heterocycles. The minimum Gasteiger partial charge on any atom is -0.396 e. The van der Waals surface area contributed by atoms with E-state index >= 15 is 0 Å². The van der Waals surface area contributed by atoms with E-state index in [-0.39, 0.29) is 41.2 Å². The third-order valence-electron chi connectivity index (χ3n) is 12.9. The Morgan fingerprint density at radius 3 is 2.00 bits per heavy atom. The number of carbonyl (C=O) groups is 1. The Bertz CT molecular complexity index is 914. The van der Waals surface area contributed by atoms with Crippen LogP contribution < -0.4 is 0 Å². The number of carbonyl (C=O) groups excluding carboxylic acids is 1. The van der Waals surface area contributed by atoms with Gasteiger partial charge in [-0.15, -0.1) is 0 Å². The Morgan fingerprint density at radius 1 is 0.771 bits per heavy atom. The first-order chi connectivity index (χ1) is 16.3. The molecule has 4 fully saturated rings. The lowest BCUT2D eigenvalue weighted by atomic mass is 9.42. The summed E-state index contributed by atoms with van der Waals surface area (Å²) in [6.07, 6.45) is 9.15. The molecule has 5 rings (SSSR count). The Hall–Kier alpha value is -0.750. The van der Waals surface area contributed by atoms with Crippen LogP contribution >= 0.6 is 0 Å². The standard InChI is InChI=1S/C30H48O5/c1-26-11-8-22-28(3,13-10-23(34)29(22,4)16-31)21(26)7-6-19-18(15-26)14-20(33)25-27(19,2)12-9-24(35)30(25,5)17-32/h14,19,21-25,31-32,34-35H,6-13,15-17H2,1-5H3/t19-,21+,22-,23-,24-,25-,26+,27-,28-,29-,30+/m1/s1. The molecule has 4 saturated carbocycles. The summed E-state index contributed by atoms with van der Waals surface area (Å²) in [5.74, 6) is 0.824. The van der Waals surface area contributed by atoms with Crippen molar-refractivity contribution in [2.45, 2.75) is 105 Å². The third-order valence-corrected chi connectivity index (χ3v) is 12.9. The minimum atomic E-state index is -0.797. The molecule has 11 atom stereocenters. The number of ketones is 1. The second kappa shape index (κ2) is 8.12. The SMILES string of the molecule is C[C@@]12CC[C@@H]3[C@](C)(CC[C@@H](O)[C@]3(C)CO)[C@H]1CC[C@@H]1C(=CC(=O)[C@@H]3[C@]1(C)CC[C@@H](O)[C@]3(C)CO)C2. The number of rotatable bonds is 2. The van der Waals surface area contributed by atoms with Crippen molar-refractivity contribution in [3.8, 4) is 0 Å². The van der Waals surface area contributed by atoms with E-state index in [0.717, 1.165) is 51.4 Å². The fourth-order valence-electron chi connectivity index (χ4n) is 10.9. The van der Waals surface area contributed by atoms with E-state index in [0.29, 0.717) is 24.2 Å². The van der Waals surface area contributed by atoms with Crippen molar-refractivity contribution in [1.29, 1.82) is 0 Å². The zero-order valence-corrected chi connectivity index (χ0v) is 22.5. The lowest BCUT2D eigenvalue weighted by Crippen LogP contribution is -2.60. The van der Waals surface area contributed by atoms with E-state index in [4.69, 9.17) is 0 Å². The lowest BCUT2D eigenvalue weighted by Gasteiger charge is -2.64. The summed E-state index contributed by atoms with van der Waals surface area (Å²) >= 11 is 0. The van der Waals surface area contributed by atoms with Crippen LogP contribution in [0.4, 0.5) is 0 Å². The molecule has 35 heavy (non-hydrogen) atoms. The van der Waals surface area contributed by atoms with Crippen LogP contribution in [0.1, 0.15) is 92.4 Å². The quantitative estimate of drug-likeness (QED) is 0.466. The lowest BCUT2D eigenvalue weighted by molar-refractivity contribution is -0.189. The molecule has 0 unspecified atom stereocenters. The first-order valence-corrected chi connectivity index (χ1v) is 14.1. The van der Waals surface area contributed by atoms with Gasteiger partial charge in [0.2, 0.25) is 0 Å². The zero-order chi connectivity index (χ0) is 25.6. The average Bonchev–Trinajstić information content (AvgIpc) is 2.96. The van der Waals surface area contributed by atoms with Gasteiger partial charge in [-0.3, -0.25) is 4.79 Å². The highest BCUT2D eigenvalue weighted by molar-refractivity contribution is 5.95. The maximum Gasteiger partial charge on any atom is 0.160 e. The van der Waals surface area contributed by atoms with Crippen LogP contribution in [-0.4, -0.2) is 51.6 Å². The van der Waals surface area contributed by atoms with E-state index in [1.165, 1.54) is 5.57 Å². The highest BCUT2D eigenvalue weighted by Crippen LogP contribution is 2.70. The van der Waals surface area contributed by atoms with Crippen LogP contribution in [0, 0.1) is 50.7 Å². The highest BCUT2D eigenvalue weighted by Gasteiger charge is 2.65. The first kappa shape index (κ1) is 25.9. The Labute approximate surface area is 211 Å². The predicted molar refractivity (Wildman–Crippen MR) is 135 cm³/mol. The molecule has 0 aromatic rings. The van der Waals surface area contributed by atoms with Crippen molar-refractivity contribution >= 4 is 5.78 Å². The number of aliphatic hydroxyl groups excluding tert-OH is 4. The van der Waals surface area contributed by atoms with Gasteiger partial charge in [-0.2, -0.15) is 0 Å². The van der Waals surface area contributed by atoms with Crippen LogP contribution in [0.15, 0.2) is 11.6 Å². The monoisotopic (exact) mass is 488 g/mol. The summed E-state index contributed by atoms with van der Waals surface area (Å²) in [6, 6.07) is 0. The summed E-state index contributed by atoms with van der Waals surface area (Å²) in [7, 11) is 0. The Balaban J connectivity index is 1.54. The molecule has 0 radical (unpaired) electrons. The van der Waals surface area contributed by atoms with Gasteiger partial charge in [-0.1, -0.05) is 40.2 Å². The number of allylic oxidation sites excluding steroid dienone is 2. The Kier molecular flexibility index (Phi) is 6.01. The van der Waals surface area contributed by atoms with Crippen molar-refractivity contribution in [3.63, 3.8) is 0 Å². The largest absolute Gasteiger partial charge is 0.396 e. The van der Waals surface area contributed by atoms with Crippen LogP contribution in [0.25, 0.3) is 0 Å². The molecule has 0 spiro atoms. The second-order valence-electron chi connectivity index (χ2n) is 14.6. The number of aliphatic hydroxyl groups is 4. The van der Waals surface area contributed by atoms with Gasteiger partial charge < -0.3 is 20.4 Å².